The average Bonchev–Trinajstić information content (AvgIpc) is 2.17. The van der Waals surface area contributed by atoms with E-state index >= 15 is 0 Å². The van der Waals surface area contributed by atoms with Gasteiger partial charge in [0.25, 0.3) is 0 Å². The van der Waals surface area contributed by atoms with Gasteiger partial charge in [-0.3, -0.25) is 4.79 Å². The number of benzene rings is 1. The Labute approximate surface area is 76.1 Å². The first kappa shape index (κ1) is 9.38. The monoisotopic (exact) mass is 178 g/mol. The van der Waals surface area contributed by atoms with E-state index in [0.29, 0.717) is 5.69 Å². The lowest BCUT2D eigenvalue weighted by atomic mass is 10.2. The lowest BCUT2D eigenvalue weighted by Crippen LogP contribution is -2.22. The van der Waals surface area contributed by atoms with E-state index in [2.05, 4.69) is 5.18 Å². The predicted molar refractivity (Wildman–Crippen MR) is 51.0 cm³/mol. The minimum Gasteiger partial charge on any atom is -0.316 e. The van der Waals surface area contributed by atoms with Crippen LogP contribution in [0, 0.1) is 4.91 Å². The molecule has 68 valence electrons. The van der Waals surface area contributed by atoms with Gasteiger partial charge in [0.1, 0.15) is 5.69 Å². The Kier molecular flexibility index (Phi) is 2.74. The molecule has 0 N–H and O–H groups in total. The van der Waals surface area contributed by atoms with Gasteiger partial charge in [-0.15, -0.1) is 4.91 Å². The van der Waals surface area contributed by atoms with Crippen LogP contribution in [-0.2, 0) is 4.79 Å². The molecule has 0 heterocycles. The molecule has 0 unspecified atom stereocenters. The predicted octanol–water partition coefficient (Wildman–Crippen LogP) is 2.07. The number of carbonyl (C=O) groups excluding carboxylic acids is 1. The Balaban J connectivity index is 2.91. The van der Waals surface area contributed by atoms with Crippen LogP contribution in [0.1, 0.15) is 6.92 Å². The fourth-order valence-corrected chi connectivity index (χ4v) is 0.919. The normalized spacial score (nSPS) is 9.38. The van der Waals surface area contributed by atoms with Crippen LogP contribution in [0.3, 0.4) is 0 Å². The van der Waals surface area contributed by atoms with Crippen molar-refractivity contribution in [2.45, 2.75) is 6.92 Å². The number of amides is 1. The minimum atomic E-state index is -0.0492. The highest BCUT2D eigenvalue weighted by atomic mass is 16.3. The maximum atomic E-state index is 10.9. The Hall–Kier alpha value is -1.71. The molecule has 0 aliphatic heterocycles. The van der Waals surface area contributed by atoms with Gasteiger partial charge in [-0.2, -0.15) is 0 Å². The van der Waals surface area contributed by atoms with Crippen LogP contribution in [0.4, 0.5) is 11.4 Å². The topological polar surface area (TPSA) is 49.7 Å². The lowest BCUT2D eigenvalue weighted by Gasteiger charge is -2.14. The van der Waals surface area contributed by atoms with E-state index < -0.39 is 0 Å². The summed E-state index contributed by atoms with van der Waals surface area (Å²) >= 11 is 0. The van der Waals surface area contributed by atoms with Crippen molar-refractivity contribution in [1.82, 2.24) is 0 Å². The van der Waals surface area contributed by atoms with E-state index in [1.807, 2.05) is 0 Å². The maximum absolute atomic E-state index is 10.9. The van der Waals surface area contributed by atoms with E-state index in [9.17, 15) is 9.70 Å². The molecular formula is C9H10N2O2. The summed E-state index contributed by atoms with van der Waals surface area (Å²) in [7, 11) is 1.67. The average molecular weight is 178 g/mol. The van der Waals surface area contributed by atoms with Crippen LogP contribution < -0.4 is 4.90 Å². The van der Waals surface area contributed by atoms with Crippen molar-refractivity contribution in [3.8, 4) is 0 Å². The first-order valence-corrected chi connectivity index (χ1v) is 3.83. The summed E-state index contributed by atoms with van der Waals surface area (Å²) in [5.41, 5.74) is 1.11. The summed E-state index contributed by atoms with van der Waals surface area (Å²) in [6, 6.07) is 6.50. The number of hydrogen-bond donors (Lipinski definition) is 0. The quantitative estimate of drug-likeness (QED) is 0.651. The van der Waals surface area contributed by atoms with Gasteiger partial charge in [0.2, 0.25) is 5.91 Å². The van der Waals surface area contributed by atoms with Gasteiger partial charge >= 0.3 is 0 Å². The number of nitrogens with zero attached hydrogens (tertiary/aromatic N) is 2. The Morgan fingerprint density at radius 3 is 2.23 bits per heavy atom. The first-order valence-electron chi connectivity index (χ1n) is 3.83. The zero-order valence-electron chi connectivity index (χ0n) is 7.52. The van der Waals surface area contributed by atoms with Gasteiger partial charge in [-0.25, -0.2) is 0 Å². The number of carbonyl (C=O) groups is 1. The van der Waals surface area contributed by atoms with Gasteiger partial charge in [-0.05, 0) is 29.4 Å². The second-order valence-corrected chi connectivity index (χ2v) is 2.69. The van der Waals surface area contributed by atoms with Gasteiger partial charge in [0.15, 0.2) is 0 Å². The molecule has 0 spiro atoms. The van der Waals surface area contributed by atoms with Crippen molar-refractivity contribution in [3.63, 3.8) is 0 Å². The highest BCUT2D eigenvalue weighted by molar-refractivity contribution is 5.90. The first-order chi connectivity index (χ1) is 6.15. The summed E-state index contributed by atoms with van der Waals surface area (Å²) in [4.78, 5) is 22.5. The summed E-state index contributed by atoms with van der Waals surface area (Å²) < 4.78 is 0. The van der Waals surface area contributed by atoms with E-state index in [-0.39, 0.29) is 5.91 Å². The minimum absolute atomic E-state index is 0.0492. The van der Waals surface area contributed by atoms with E-state index in [1.165, 1.54) is 11.8 Å². The van der Waals surface area contributed by atoms with Crippen LogP contribution in [0.25, 0.3) is 0 Å². The third-order valence-electron chi connectivity index (χ3n) is 1.81. The van der Waals surface area contributed by atoms with Gasteiger partial charge in [0, 0.05) is 19.7 Å². The standard InChI is InChI=1S/C9H10N2O2/c1-7(12)11(2)9-5-3-8(10-13)4-6-9/h3-6H,1-2H3. The highest BCUT2D eigenvalue weighted by Gasteiger charge is 2.04. The molecule has 0 aliphatic rings. The van der Waals surface area contributed by atoms with Crippen molar-refractivity contribution >= 4 is 17.3 Å². The van der Waals surface area contributed by atoms with Crippen LogP contribution in [0.15, 0.2) is 29.4 Å². The number of anilines is 1. The Morgan fingerprint density at radius 2 is 1.85 bits per heavy atom. The van der Waals surface area contributed by atoms with Crippen LogP contribution in [0.5, 0.6) is 0 Å². The molecule has 0 atom stereocenters. The third-order valence-corrected chi connectivity index (χ3v) is 1.81. The SMILES string of the molecule is CC(=O)N(C)c1ccc(N=O)cc1. The van der Waals surface area contributed by atoms with Crippen molar-refractivity contribution < 1.29 is 4.79 Å². The highest BCUT2D eigenvalue weighted by Crippen LogP contribution is 2.18. The van der Waals surface area contributed by atoms with Gasteiger partial charge in [-0.1, -0.05) is 0 Å². The van der Waals surface area contributed by atoms with Crippen LogP contribution >= 0.6 is 0 Å². The van der Waals surface area contributed by atoms with Crippen molar-refractivity contribution in [1.29, 1.82) is 0 Å². The molecule has 0 radical (unpaired) electrons. The molecule has 1 aromatic rings. The molecule has 13 heavy (non-hydrogen) atoms. The third kappa shape index (κ3) is 2.11. The molecule has 1 rings (SSSR count). The lowest BCUT2D eigenvalue weighted by molar-refractivity contribution is -0.116. The summed E-state index contributed by atoms with van der Waals surface area (Å²) in [5, 5.41) is 2.76. The van der Waals surface area contributed by atoms with Crippen molar-refractivity contribution in [2.24, 2.45) is 5.18 Å². The van der Waals surface area contributed by atoms with Gasteiger partial charge < -0.3 is 4.90 Å². The molecule has 0 bridgehead atoms. The van der Waals surface area contributed by atoms with Crippen LogP contribution in [-0.4, -0.2) is 13.0 Å². The van der Waals surface area contributed by atoms with E-state index in [4.69, 9.17) is 0 Å². The van der Waals surface area contributed by atoms with Gasteiger partial charge in [0.05, 0.1) is 0 Å². The molecule has 4 nitrogen and oxygen atoms in total. The molecule has 0 fully saturated rings. The number of rotatable bonds is 2. The zero-order valence-corrected chi connectivity index (χ0v) is 7.52. The number of nitroso groups, excluding NO2 is 1. The molecule has 0 aromatic heterocycles. The zero-order chi connectivity index (χ0) is 9.84. The fraction of sp³-hybridized carbons (Fsp3) is 0.222. The second kappa shape index (κ2) is 3.80. The molecule has 0 saturated carbocycles. The second-order valence-electron chi connectivity index (χ2n) is 2.69. The molecular weight excluding hydrogens is 168 g/mol. The van der Waals surface area contributed by atoms with Crippen molar-refractivity contribution in [3.05, 3.63) is 29.2 Å². The van der Waals surface area contributed by atoms with Crippen LogP contribution in [0.2, 0.25) is 0 Å². The Morgan fingerprint density at radius 1 is 1.31 bits per heavy atom. The molecule has 1 aromatic carbocycles. The summed E-state index contributed by atoms with van der Waals surface area (Å²) in [5.74, 6) is -0.0492. The largest absolute Gasteiger partial charge is 0.316 e. The fourth-order valence-electron chi connectivity index (χ4n) is 0.919. The number of hydrogen-bond acceptors (Lipinski definition) is 3. The molecule has 4 heteroatoms. The molecule has 1 amide bonds. The maximum Gasteiger partial charge on any atom is 0.223 e. The smallest absolute Gasteiger partial charge is 0.223 e. The van der Waals surface area contributed by atoms with E-state index in [1.54, 1.807) is 31.3 Å². The van der Waals surface area contributed by atoms with E-state index in [0.717, 1.165) is 5.69 Å². The summed E-state index contributed by atoms with van der Waals surface area (Å²) in [6.45, 7) is 1.48. The Bertz CT molecular complexity index is 319. The van der Waals surface area contributed by atoms with Crippen molar-refractivity contribution in [2.75, 3.05) is 11.9 Å². The molecule has 0 aliphatic carbocycles. The molecule has 0 saturated heterocycles. The summed E-state index contributed by atoms with van der Waals surface area (Å²) in [6.07, 6.45) is 0.